The number of nitrogens with zero attached hydrogens (tertiary/aromatic N) is 5. The summed E-state index contributed by atoms with van der Waals surface area (Å²) in [4.78, 5) is 71.6. The molecule has 0 aliphatic carbocycles. The second-order valence-electron chi connectivity index (χ2n) is 9.05. The van der Waals surface area contributed by atoms with Crippen LogP contribution >= 0.6 is 15.6 Å². The number of nitrogens with one attached hydrogen (secondary N) is 1. The van der Waals surface area contributed by atoms with Crippen molar-refractivity contribution in [2.24, 2.45) is 0 Å². The molecule has 23 heteroatoms. The van der Waals surface area contributed by atoms with Crippen LogP contribution in [-0.2, 0) is 27.7 Å². The van der Waals surface area contributed by atoms with Crippen LogP contribution in [0.3, 0.4) is 0 Å². The number of aromatic amines is 1. The van der Waals surface area contributed by atoms with E-state index in [1.54, 1.807) is 0 Å². The fourth-order valence-electron chi connectivity index (χ4n) is 4.17. The first-order valence-corrected chi connectivity index (χ1v) is 15.0. The highest BCUT2D eigenvalue weighted by Crippen LogP contribution is 2.39. The number of anilines is 1. The Hall–Kier alpha value is -2.91. The number of ether oxygens (including phenoxy) is 2. The molecule has 21 nitrogen and oxygen atoms in total. The molecule has 9 N–H and O–H groups in total. The maximum atomic E-state index is 11.6. The number of nitrogen functional groups attached to an aromatic ring is 1. The average Bonchev–Trinajstić information content (AvgIpc) is 3.58. The lowest BCUT2D eigenvalue weighted by Gasteiger charge is -2.17. The van der Waals surface area contributed by atoms with E-state index in [4.69, 9.17) is 34.8 Å². The molecule has 5 rings (SSSR count). The van der Waals surface area contributed by atoms with E-state index in [0.29, 0.717) is 0 Å². The van der Waals surface area contributed by atoms with Crippen LogP contribution in [0, 0.1) is 0 Å². The van der Waals surface area contributed by atoms with E-state index in [2.05, 4.69) is 29.0 Å². The molecule has 0 aromatic carbocycles. The number of aromatic nitrogens is 6. The Balaban J connectivity index is 0.000000194. The molecular formula is C19H27N7O14P2. The van der Waals surface area contributed by atoms with Gasteiger partial charge in [-0.15, -0.1) is 0 Å². The topological polar surface area (TPSA) is 317 Å². The quantitative estimate of drug-likeness (QED) is 0.118. The van der Waals surface area contributed by atoms with Crippen molar-refractivity contribution in [3.05, 3.63) is 45.8 Å². The van der Waals surface area contributed by atoms with Crippen molar-refractivity contribution in [1.82, 2.24) is 29.1 Å². The normalized spacial score (nSPS) is 26.3. The number of phosphoric ester groups is 2. The Bertz CT molecular complexity index is 1600. The lowest BCUT2D eigenvalue weighted by molar-refractivity contribution is -0.0524. The fourth-order valence-corrected chi connectivity index (χ4v) is 4.87. The summed E-state index contributed by atoms with van der Waals surface area (Å²) >= 11 is 0. The summed E-state index contributed by atoms with van der Waals surface area (Å²) in [6.07, 6.45) is -1.19. The number of aliphatic hydroxyl groups excluding tert-OH is 2. The molecule has 2 fully saturated rings. The molecule has 232 valence electrons. The molecule has 3 aromatic heterocycles. The number of rotatable bonds is 8. The van der Waals surface area contributed by atoms with Gasteiger partial charge in [0.2, 0.25) is 0 Å². The van der Waals surface area contributed by atoms with Gasteiger partial charge in [0.05, 0.1) is 38.1 Å². The Labute approximate surface area is 234 Å². The summed E-state index contributed by atoms with van der Waals surface area (Å²) < 4.78 is 43.3. The van der Waals surface area contributed by atoms with Crippen LogP contribution in [0.2, 0.25) is 0 Å². The van der Waals surface area contributed by atoms with Gasteiger partial charge in [0.25, 0.3) is 5.56 Å². The minimum atomic E-state index is -4.64. The summed E-state index contributed by atoms with van der Waals surface area (Å²) in [7, 11) is -9.24. The molecule has 0 saturated carbocycles. The minimum Gasteiger partial charge on any atom is -0.390 e. The third-order valence-corrected chi connectivity index (χ3v) is 6.98. The largest absolute Gasteiger partial charge is 0.469 e. The zero-order chi connectivity index (χ0) is 30.8. The third-order valence-electron chi connectivity index (χ3n) is 6.01. The fraction of sp³-hybridized carbons (Fsp3) is 0.526. The van der Waals surface area contributed by atoms with Crippen molar-refractivity contribution in [3.8, 4) is 0 Å². The average molecular weight is 639 g/mol. The third kappa shape index (κ3) is 8.13. The molecule has 6 unspecified atom stereocenters. The van der Waals surface area contributed by atoms with Gasteiger partial charge < -0.3 is 50.0 Å². The standard InChI is InChI=1S/C10H13N4O7P.C9H14N3O7P/c15-5-1-7(21-6(5)2-20-22(17,18)19)14-4-13-8-9(14)11-3-12-10(8)16;10-7-1-2-12(9(14)11-7)8-6(13)3-5(19-8)4-18-20(15,16)17/h3-7,15H,1-2H2,(H,11,12,16)(H2,17,18,19);1-2,5-6,8,13H,3-4H2,(H2,10,11,14)(H2,15,16,17). The van der Waals surface area contributed by atoms with Crippen LogP contribution in [0.5, 0.6) is 0 Å². The Morgan fingerprint density at radius 3 is 2.36 bits per heavy atom. The van der Waals surface area contributed by atoms with Gasteiger partial charge in [0.15, 0.2) is 17.4 Å². The molecule has 6 atom stereocenters. The number of phosphoric acid groups is 2. The van der Waals surface area contributed by atoms with Gasteiger partial charge in [-0.25, -0.2) is 23.9 Å². The zero-order valence-corrected chi connectivity index (χ0v) is 23.0. The van der Waals surface area contributed by atoms with Crippen LogP contribution in [-0.4, -0.2) is 96.5 Å². The van der Waals surface area contributed by atoms with E-state index < -0.39 is 77.0 Å². The molecule has 0 spiro atoms. The number of nitrogens with two attached hydrogens (primary N) is 1. The van der Waals surface area contributed by atoms with Crippen LogP contribution in [0.25, 0.3) is 11.2 Å². The molecule has 0 amide bonds. The highest BCUT2D eigenvalue weighted by molar-refractivity contribution is 7.46. The Morgan fingerprint density at radius 2 is 1.69 bits per heavy atom. The lowest BCUT2D eigenvalue weighted by Crippen LogP contribution is -2.31. The molecule has 42 heavy (non-hydrogen) atoms. The number of aliphatic hydroxyl groups is 2. The first kappa shape index (κ1) is 32.0. The van der Waals surface area contributed by atoms with Crippen LogP contribution in [0.15, 0.2) is 34.5 Å². The Kier molecular flexibility index (Phi) is 9.72. The smallest absolute Gasteiger partial charge is 0.390 e. The molecule has 5 heterocycles. The second kappa shape index (κ2) is 12.8. The molecule has 0 bridgehead atoms. The summed E-state index contributed by atoms with van der Waals surface area (Å²) in [6, 6.07) is 1.37. The number of H-pyrrole nitrogens is 1. The van der Waals surface area contributed by atoms with Crippen molar-refractivity contribution >= 4 is 32.6 Å². The SMILES string of the molecule is Nc1ccn(C2OC(COP(=O)(O)O)CC2O)c(=O)n1.O=c1[nH]cnc2c1ncn2C1CC(O)C(COP(=O)(O)O)O1. The van der Waals surface area contributed by atoms with Crippen LogP contribution in [0.1, 0.15) is 25.3 Å². The summed E-state index contributed by atoms with van der Waals surface area (Å²) in [5, 5.41) is 19.7. The minimum absolute atomic E-state index is 0.0418. The number of fused-ring (bicyclic) bond motifs is 1. The van der Waals surface area contributed by atoms with Crippen molar-refractivity contribution in [2.45, 2.75) is 49.7 Å². The van der Waals surface area contributed by atoms with Crippen LogP contribution < -0.4 is 17.0 Å². The molecule has 2 aliphatic rings. The zero-order valence-electron chi connectivity index (χ0n) is 21.3. The summed E-state index contributed by atoms with van der Waals surface area (Å²) in [6.45, 7) is -0.850. The number of hydrogen-bond donors (Lipinski definition) is 8. The van der Waals surface area contributed by atoms with E-state index >= 15 is 0 Å². The van der Waals surface area contributed by atoms with Crippen molar-refractivity contribution < 1.29 is 57.4 Å². The highest BCUT2D eigenvalue weighted by Gasteiger charge is 2.38. The molecular weight excluding hydrogens is 612 g/mol. The van der Waals surface area contributed by atoms with Crippen molar-refractivity contribution in [1.29, 1.82) is 0 Å². The summed E-state index contributed by atoms with van der Waals surface area (Å²) in [5.41, 5.74) is 4.68. The Morgan fingerprint density at radius 1 is 1.00 bits per heavy atom. The van der Waals surface area contributed by atoms with Gasteiger partial charge in [-0.3, -0.25) is 23.0 Å². The number of hydrogen-bond acceptors (Lipinski definition) is 14. The maximum Gasteiger partial charge on any atom is 0.469 e. The first-order chi connectivity index (χ1) is 19.6. The maximum absolute atomic E-state index is 11.6. The van der Waals surface area contributed by atoms with Gasteiger partial charge in [-0.1, -0.05) is 0 Å². The van der Waals surface area contributed by atoms with Gasteiger partial charge in [-0.2, -0.15) is 4.98 Å². The summed E-state index contributed by atoms with van der Waals surface area (Å²) in [5.74, 6) is 0.0418. The van der Waals surface area contributed by atoms with Gasteiger partial charge in [-0.05, 0) is 6.07 Å². The predicted octanol–water partition coefficient (Wildman–Crippen LogP) is -2.54. The number of imidazole rings is 1. The van der Waals surface area contributed by atoms with E-state index in [1.165, 1.54) is 29.5 Å². The van der Waals surface area contributed by atoms with E-state index in [9.17, 15) is 28.9 Å². The molecule has 3 aromatic rings. The van der Waals surface area contributed by atoms with E-state index in [1.807, 2.05) is 0 Å². The van der Waals surface area contributed by atoms with Crippen LogP contribution in [0.4, 0.5) is 5.82 Å². The lowest BCUT2D eigenvalue weighted by atomic mass is 10.2. The van der Waals surface area contributed by atoms with Gasteiger partial charge in [0.1, 0.15) is 24.3 Å². The molecule has 2 aliphatic heterocycles. The first-order valence-electron chi connectivity index (χ1n) is 11.9. The van der Waals surface area contributed by atoms with E-state index in [-0.39, 0.29) is 29.8 Å². The van der Waals surface area contributed by atoms with E-state index in [0.717, 1.165) is 4.57 Å². The highest BCUT2D eigenvalue weighted by atomic mass is 31.2. The monoisotopic (exact) mass is 639 g/mol. The molecule has 0 radical (unpaired) electrons. The van der Waals surface area contributed by atoms with Crippen molar-refractivity contribution in [2.75, 3.05) is 18.9 Å². The second-order valence-corrected chi connectivity index (χ2v) is 11.5. The van der Waals surface area contributed by atoms with Gasteiger partial charge >= 0.3 is 21.3 Å². The van der Waals surface area contributed by atoms with Gasteiger partial charge in [0, 0.05) is 19.0 Å². The molecule has 2 saturated heterocycles. The predicted molar refractivity (Wildman–Crippen MR) is 136 cm³/mol. The van der Waals surface area contributed by atoms with Crippen molar-refractivity contribution in [3.63, 3.8) is 0 Å².